The average Bonchev–Trinajstić information content (AvgIpc) is 2.72. The zero-order valence-electron chi connectivity index (χ0n) is 12.5. The van der Waals surface area contributed by atoms with Gasteiger partial charge in [0.15, 0.2) is 0 Å². The van der Waals surface area contributed by atoms with E-state index in [0.29, 0.717) is 37.8 Å². The van der Waals surface area contributed by atoms with Gasteiger partial charge in [0.05, 0.1) is 12.0 Å². The third-order valence-corrected chi connectivity index (χ3v) is 4.02. The minimum Gasteiger partial charge on any atom is -0.481 e. The zero-order valence-corrected chi connectivity index (χ0v) is 12.5. The van der Waals surface area contributed by atoms with Gasteiger partial charge < -0.3 is 15.2 Å². The fourth-order valence-corrected chi connectivity index (χ4v) is 2.78. The van der Waals surface area contributed by atoms with Crippen LogP contribution in [0.5, 0.6) is 5.88 Å². The van der Waals surface area contributed by atoms with Gasteiger partial charge in [-0.25, -0.2) is 4.98 Å². The van der Waals surface area contributed by atoms with Crippen molar-refractivity contribution in [3.8, 4) is 5.88 Å². The normalized spacial score (nSPS) is 17.8. The summed E-state index contributed by atoms with van der Waals surface area (Å²) in [6, 6.07) is 1.69. The molecule has 116 valence electrons. The monoisotopic (exact) mass is 293 g/mol. The molecule has 0 saturated heterocycles. The van der Waals surface area contributed by atoms with Gasteiger partial charge in [0.1, 0.15) is 0 Å². The molecule has 0 bridgehead atoms. The van der Waals surface area contributed by atoms with Crippen molar-refractivity contribution < 1.29 is 14.6 Å². The first-order chi connectivity index (χ1) is 10.2. The summed E-state index contributed by atoms with van der Waals surface area (Å²) in [4.78, 5) is 20.1. The van der Waals surface area contributed by atoms with Crippen LogP contribution in [-0.4, -0.2) is 34.2 Å². The first-order valence-corrected chi connectivity index (χ1v) is 7.59. The number of carbonyl (C=O) groups is 1. The zero-order chi connectivity index (χ0) is 15.1. The van der Waals surface area contributed by atoms with E-state index in [1.165, 1.54) is 0 Å². The molecule has 0 radical (unpaired) electrons. The van der Waals surface area contributed by atoms with Crippen LogP contribution >= 0.6 is 0 Å². The molecule has 1 aliphatic carbocycles. The molecule has 0 aromatic carbocycles. The Bertz CT molecular complexity index is 471. The van der Waals surface area contributed by atoms with Crippen molar-refractivity contribution in [2.75, 3.05) is 18.5 Å². The molecule has 1 saturated carbocycles. The van der Waals surface area contributed by atoms with Crippen LogP contribution in [-0.2, 0) is 4.79 Å². The Kier molecular flexibility index (Phi) is 5.36. The largest absolute Gasteiger partial charge is 0.481 e. The summed E-state index contributed by atoms with van der Waals surface area (Å²) >= 11 is 0. The van der Waals surface area contributed by atoms with Gasteiger partial charge in [0.2, 0.25) is 11.8 Å². The predicted octanol–water partition coefficient (Wildman–Crippen LogP) is 2.71. The molecule has 0 amide bonds. The maximum absolute atomic E-state index is 11.7. The van der Waals surface area contributed by atoms with Gasteiger partial charge >= 0.3 is 5.97 Å². The van der Waals surface area contributed by atoms with Crippen molar-refractivity contribution in [3.63, 3.8) is 0 Å². The molecule has 1 heterocycles. The fourth-order valence-electron chi connectivity index (χ4n) is 2.78. The van der Waals surface area contributed by atoms with Gasteiger partial charge in [0.25, 0.3) is 0 Å². The Morgan fingerprint density at radius 2 is 2.10 bits per heavy atom. The van der Waals surface area contributed by atoms with Crippen LogP contribution in [0.1, 0.15) is 45.4 Å². The summed E-state index contributed by atoms with van der Waals surface area (Å²) in [6.07, 6.45) is 7.19. The summed E-state index contributed by atoms with van der Waals surface area (Å²) in [5.74, 6) is 0.198. The van der Waals surface area contributed by atoms with Crippen molar-refractivity contribution in [2.45, 2.75) is 45.4 Å². The summed E-state index contributed by atoms with van der Waals surface area (Å²) in [5.41, 5.74) is -0.707. The Hall–Kier alpha value is -1.85. The molecule has 0 spiro atoms. The first-order valence-electron chi connectivity index (χ1n) is 7.59. The lowest BCUT2D eigenvalue weighted by atomic mass is 9.80. The lowest BCUT2D eigenvalue weighted by molar-refractivity contribution is -0.149. The first kappa shape index (κ1) is 15.5. The molecule has 1 aromatic heterocycles. The summed E-state index contributed by atoms with van der Waals surface area (Å²) in [7, 11) is 0. The maximum Gasteiger partial charge on any atom is 0.311 e. The lowest BCUT2D eigenvalue weighted by Gasteiger charge is -2.28. The van der Waals surface area contributed by atoms with Gasteiger partial charge in [0, 0.05) is 18.8 Å². The van der Waals surface area contributed by atoms with Gasteiger partial charge in [-0.3, -0.25) is 4.79 Å². The molecule has 0 aliphatic heterocycles. The summed E-state index contributed by atoms with van der Waals surface area (Å²) < 4.78 is 5.32. The van der Waals surface area contributed by atoms with Crippen molar-refractivity contribution in [1.29, 1.82) is 0 Å². The predicted molar refractivity (Wildman–Crippen MR) is 79.5 cm³/mol. The highest BCUT2D eigenvalue weighted by atomic mass is 16.5. The molecule has 1 aliphatic rings. The molecular formula is C15H23N3O3. The van der Waals surface area contributed by atoms with E-state index < -0.39 is 11.4 Å². The van der Waals surface area contributed by atoms with E-state index in [0.717, 1.165) is 25.7 Å². The standard InChI is InChI=1S/C15H23N3O3/c1-2-21-12-7-10-16-14(18-12)17-11-15(13(19)20)8-5-3-4-6-9-15/h7,10H,2-6,8-9,11H2,1H3,(H,19,20)(H,16,17,18). The maximum atomic E-state index is 11.7. The highest BCUT2D eigenvalue weighted by Crippen LogP contribution is 2.35. The van der Waals surface area contributed by atoms with E-state index in [-0.39, 0.29) is 0 Å². The second-order valence-electron chi connectivity index (χ2n) is 5.50. The van der Waals surface area contributed by atoms with Crippen molar-refractivity contribution in [3.05, 3.63) is 12.3 Å². The molecule has 2 N–H and O–H groups in total. The third kappa shape index (κ3) is 4.06. The SMILES string of the molecule is CCOc1ccnc(NCC2(C(=O)O)CCCCCC2)n1. The smallest absolute Gasteiger partial charge is 0.311 e. The van der Waals surface area contributed by atoms with E-state index in [4.69, 9.17) is 4.74 Å². The molecule has 6 nitrogen and oxygen atoms in total. The van der Waals surface area contributed by atoms with Gasteiger partial charge in [-0.15, -0.1) is 0 Å². The molecule has 1 aromatic rings. The fraction of sp³-hybridized carbons (Fsp3) is 0.667. The Balaban J connectivity index is 2.04. The molecule has 21 heavy (non-hydrogen) atoms. The minimum atomic E-state index is -0.724. The summed E-state index contributed by atoms with van der Waals surface area (Å²) in [6.45, 7) is 2.79. The van der Waals surface area contributed by atoms with Crippen LogP contribution < -0.4 is 10.1 Å². The summed E-state index contributed by atoms with van der Waals surface area (Å²) in [5, 5.41) is 12.7. The second-order valence-corrected chi connectivity index (χ2v) is 5.50. The van der Waals surface area contributed by atoms with E-state index >= 15 is 0 Å². The number of nitrogens with one attached hydrogen (secondary N) is 1. The molecular weight excluding hydrogens is 270 g/mol. The number of rotatable bonds is 6. The molecule has 1 fully saturated rings. The lowest BCUT2D eigenvalue weighted by Crippen LogP contribution is -2.37. The Morgan fingerprint density at radius 3 is 2.71 bits per heavy atom. The van der Waals surface area contributed by atoms with E-state index in [1.54, 1.807) is 12.3 Å². The minimum absolute atomic E-state index is 0.359. The number of nitrogens with zero attached hydrogens (tertiary/aromatic N) is 2. The highest BCUT2D eigenvalue weighted by molar-refractivity contribution is 5.75. The number of carboxylic acid groups (broad SMARTS) is 1. The topological polar surface area (TPSA) is 84.3 Å². The molecule has 6 heteroatoms. The van der Waals surface area contributed by atoms with Crippen LogP contribution in [0.4, 0.5) is 5.95 Å². The van der Waals surface area contributed by atoms with Crippen LogP contribution in [0.2, 0.25) is 0 Å². The van der Waals surface area contributed by atoms with Crippen molar-refractivity contribution in [1.82, 2.24) is 9.97 Å². The number of aromatic nitrogens is 2. The van der Waals surface area contributed by atoms with Gasteiger partial charge in [-0.05, 0) is 19.8 Å². The quantitative estimate of drug-likeness (QED) is 0.784. The number of hydrogen-bond acceptors (Lipinski definition) is 5. The molecule has 2 rings (SSSR count). The average molecular weight is 293 g/mol. The molecule has 0 unspecified atom stereocenters. The number of carboxylic acids is 1. The van der Waals surface area contributed by atoms with Crippen LogP contribution in [0.15, 0.2) is 12.3 Å². The number of hydrogen-bond donors (Lipinski definition) is 2. The van der Waals surface area contributed by atoms with Crippen LogP contribution in [0.3, 0.4) is 0 Å². The number of anilines is 1. The third-order valence-electron chi connectivity index (χ3n) is 4.02. The Morgan fingerprint density at radius 1 is 1.38 bits per heavy atom. The van der Waals surface area contributed by atoms with Crippen LogP contribution in [0, 0.1) is 5.41 Å². The van der Waals surface area contributed by atoms with E-state index in [9.17, 15) is 9.90 Å². The van der Waals surface area contributed by atoms with E-state index in [1.807, 2.05) is 6.92 Å². The van der Waals surface area contributed by atoms with Crippen LogP contribution in [0.25, 0.3) is 0 Å². The van der Waals surface area contributed by atoms with Crippen molar-refractivity contribution in [2.24, 2.45) is 5.41 Å². The number of ether oxygens (including phenoxy) is 1. The van der Waals surface area contributed by atoms with Gasteiger partial charge in [-0.1, -0.05) is 25.7 Å². The van der Waals surface area contributed by atoms with E-state index in [2.05, 4.69) is 15.3 Å². The van der Waals surface area contributed by atoms with Crippen molar-refractivity contribution >= 4 is 11.9 Å². The van der Waals surface area contributed by atoms with Gasteiger partial charge in [-0.2, -0.15) is 4.98 Å². The molecule has 0 atom stereocenters. The Labute approximate surface area is 124 Å². The number of aliphatic carboxylic acids is 1. The highest BCUT2D eigenvalue weighted by Gasteiger charge is 2.38. The second kappa shape index (κ2) is 7.24.